The second kappa shape index (κ2) is 7.09. The van der Waals surface area contributed by atoms with E-state index in [0.717, 1.165) is 23.5 Å². The molecule has 0 unspecified atom stereocenters. The number of ether oxygens (including phenoxy) is 1. The first-order valence-electron chi connectivity index (χ1n) is 6.32. The number of nitrogens with zero attached hydrogens (tertiary/aromatic N) is 2. The monoisotopic (exact) mass is 313 g/mol. The molecule has 20 heavy (non-hydrogen) atoms. The Kier molecular flexibility index (Phi) is 5.43. The van der Waals surface area contributed by atoms with Gasteiger partial charge in [-0.05, 0) is 30.7 Å². The second-order valence-corrected chi connectivity index (χ2v) is 5.29. The minimum absolute atomic E-state index is 0.651. The lowest BCUT2D eigenvalue weighted by atomic mass is 10.1. The quantitative estimate of drug-likeness (QED) is 0.832. The summed E-state index contributed by atoms with van der Waals surface area (Å²) in [6.07, 6.45) is 1.80. The maximum Gasteiger partial charge on any atom is 0.0819 e. The number of aromatic nitrogens is 2. The van der Waals surface area contributed by atoms with Gasteiger partial charge in [0.15, 0.2) is 0 Å². The van der Waals surface area contributed by atoms with Gasteiger partial charge in [-0.15, -0.1) is 0 Å². The fourth-order valence-corrected chi connectivity index (χ4v) is 2.20. The normalized spacial score (nSPS) is 11.0. The largest absolute Gasteiger partial charge is 0.383 e. The molecular formula is C14H17Cl2N3O. The highest BCUT2D eigenvalue weighted by Gasteiger charge is 2.09. The lowest BCUT2D eigenvalue weighted by Crippen LogP contribution is -2.19. The number of hydrogen-bond acceptors (Lipinski definition) is 3. The molecule has 0 bridgehead atoms. The summed E-state index contributed by atoms with van der Waals surface area (Å²) < 4.78 is 6.79. The van der Waals surface area contributed by atoms with Gasteiger partial charge in [-0.25, -0.2) is 4.68 Å². The fraction of sp³-hybridized carbons (Fsp3) is 0.357. The van der Waals surface area contributed by atoms with E-state index < -0.39 is 0 Å². The first kappa shape index (κ1) is 15.3. The molecule has 0 aliphatic heterocycles. The number of rotatable bonds is 6. The minimum Gasteiger partial charge on any atom is -0.383 e. The molecule has 1 aromatic heterocycles. The van der Waals surface area contributed by atoms with Crippen LogP contribution in [0, 0.1) is 6.92 Å². The van der Waals surface area contributed by atoms with Crippen LogP contribution in [0.2, 0.25) is 10.0 Å². The zero-order chi connectivity index (χ0) is 14.5. The molecule has 0 spiro atoms. The first-order valence-corrected chi connectivity index (χ1v) is 7.07. The third-order valence-corrected chi connectivity index (χ3v) is 3.53. The molecule has 0 atom stereocenters. The van der Waals surface area contributed by atoms with Crippen LogP contribution in [0.4, 0.5) is 0 Å². The van der Waals surface area contributed by atoms with E-state index in [-0.39, 0.29) is 0 Å². The van der Waals surface area contributed by atoms with Crippen LogP contribution in [0.3, 0.4) is 0 Å². The number of benzene rings is 1. The van der Waals surface area contributed by atoms with Crippen LogP contribution in [0.15, 0.2) is 24.4 Å². The molecule has 0 amide bonds. The number of hydrogen-bond donors (Lipinski definition) is 1. The van der Waals surface area contributed by atoms with Crippen LogP contribution < -0.4 is 5.32 Å². The molecule has 1 N–H and O–H groups in total. The van der Waals surface area contributed by atoms with Crippen LogP contribution >= 0.6 is 23.2 Å². The Balaban J connectivity index is 2.23. The van der Waals surface area contributed by atoms with Gasteiger partial charge in [0.1, 0.15) is 0 Å². The summed E-state index contributed by atoms with van der Waals surface area (Å²) >= 11 is 12.1. The van der Waals surface area contributed by atoms with Crippen molar-refractivity contribution in [3.8, 4) is 5.69 Å². The third-order valence-electron chi connectivity index (χ3n) is 2.93. The zero-order valence-electron chi connectivity index (χ0n) is 11.5. The maximum atomic E-state index is 6.07. The molecule has 0 saturated carbocycles. The van der Waals surface area contributed by atoms with E-state index in [9.17, 15) is 0 Å². The van der Waals surface area contributed by atoms with Gasteiger partial charge in [0.05, 0.1) is 23.0 Å². The number of halogens is 2. The Hall–Kier alpha value is -1.07. The van der Waals surface area contributed by atoms with Crippen LogP contribution in [-0.2, 0) is 11.3 Å². The van der Waals surface area contributed by atoms with Gasteiger partial charge in [-0.2, -0.15) is 5.10 Å². The van der Waals surface area contributed by atoms with E-state index in [0.29, 0.717) is 23.2 Å². The predicted molar refractivity (Wildman–Crippen MR) is 81.9 cm³/mol. The highest BCUT2D eigenvalue weighted by atomic mass is 35.5. The van der Waals surface area contributed by atoms with Crippen molar-refractivity contribution in [1.29, 1.82) is 0 Å². The zero-order valence-corrected chi connectivity index (χ0v) is 13.0. The lowest BCUT2D eigenvalue weighted by Gasteiger charge is -2.11. The van der Waals surface area contributed by atoms with Crippen LogP contribution in [0.5, 0.6) is 0 Å². The molecule has 4 nitrogen and oxygen atoms in total. The van der Waals surface area contributed by atoms with Gasteiger partial charge < -0.3 is 10.1 Å². The molecule has 6 heteroatoms. The summed E-state index contributed by atoms with van der Waals surface area (Å²) in [5.74, 6) is 0. The van der Waals surface area contributed by atoms with Crippen molar-refractivity contribution >= 4 is 23.2 Å². The van der Waals surface area contributed by atoms with Gasteiger partial charge in [-0.3, -0.25) is 0 Å². The van der Waals surface area contributed by atoms with Gasteiger partial charge in [0, 0.05) is 31.4 Å². The first-order chi connectivity index (χ1) is 9.61. The van der Waals surface area contributed by atoms with E-state index in [4.69, 9.17) is 27.9 Å². The highest BCUT2D eigenvalue weighted by molar-refractivity contribution is 6.31. The van der Waals surface area contributed by atoms with E-state index in [1.165, 1.54) is 0 Å². The molecule has 0 saturated heterocycles. The number of aryl methyl sites for hydroxylation is 1. The van der Waals surface area contributed by atoms with E-state index in [1.807, 2.05) is 25.1 Å². The van der Waals surface area contributed by atoms with Crippen molar-refractivity contribution in [1.82, 2.24) is 15.1 Å². The maximum absolute atomic E-state index is 6.07. The van der Waals surface area contributed by atoms with Crippen molar-refractivity contribution in [3.63, 3.8) is 0 Å². The molecule has 1 heterocycles. The van der Waals surface area contributed by atoms with E-state index in [1.54, 1.807) is 18.0 Å². The van der Waals surface area contributed by atoms with Gasteiger partial charge in [0.2, 0.25) is 0 Å². The Morgan fingerprint density at radius 2 is 2.15 bits per heavy atom. The van der Waals surface area contributed by atoms with Crippen LogP contribution in [-0.4, -0.2) is 30.0 Å². The predicted octanol–water partition coefficient (Wildman–Crippen LogP) is 3.22. The summed E-state index contributed by atoms with van der Waals surface area (Å²) in [5.41, 5.74) is 2.84. The Bertz CT molecular complexity index is 564. The number of nitrogens with one attached hydrogen (secondary N) is 1. The smallest absolute Gasteiger partial charge is 0.0819 e. The molecule has 108 valence electrons. The van der Waals surface area contributed by atoms with Crippen molar-refractivity contribution in [2.24, 2.45) is 0 Å². The standard InChI is InChI=1S/C14H17Cl2N3O/c1-10-13(16)9-19(18-10)14-4-3-12(15)7-11(14)8-17-5-6-20-2/h3-4,7,9,17H,5-6,8H2,1-2H3. The van der Waals surface area contributed by atoms with Crippen molar-refractivity contribution in [3.05, 3.63) is 45.7 Å². The Morgan fingerprint density at radius 3 is 2.80 bits per heavy atom. The van der Waals surface area contributed by atoms with Crippen LogP contribution in [0.1, 0.15) is 11.3 Å². The minimum atomic E-state index is 0.651. The molecule has 1 aromatic carbocycles. The van der Waals surface area contributed by atoms with E-state index in [2.05, 4.69) is 10.4 Å². The summed E-state index contributed by atoms with van der Waals surface area (Å²) in [6.45, 7) is 4.02. The van der Waals surface area contributed by atoms with Gasteiger partial charge >= 0.3 is 0 Å². The Morgan fingerprint density at radius 1 is 1.35 bits per heavy atom. The second-order valence-electron chi connectivity index (χ2n) is 4.45. The Labute approximate surface area is 128 Å². The van der Waals surface area contributed by atoms with E-state index >= 15 is 0 Å². The SMILES string of the molecule is COCCNCc1cc(Cl)ccc1-n1cc(Cl)c(C)n1. The summed E-state index contributed by atoms with van der Waals surface area (Å²) in [7, 11) is 1.68. The molecule has 2 aromatic rings. The lowest BCUT2D eigenvalue weighted by molar-refractivity contribution is 0.199. The fourth-order valence-electron chi connectivity index (χ4n) is 1.88. The topological polar surface area (TPSA) is 39.1 Å². The number of methoxy groups -OCH3 is 1. The molecule has 0 radical (unpaired) electrons. The average molecular weight is 314 g/mol. The van der Waals surface area contributed by atoms with Crippen LogP contribution in [0.25, 0.3) is 5.69 Å². The summed E-state index contributed by atoms with van der Waals surface area (Å²) in [6, 6.07) is 5.72. The molecule has 0 aliphatic carbocycles. The molecule has 0 aliphatic rings. The summed E-state index contributed by atoms with van der Waals surface area (Å²) in [4.78, 5) is 0. The van der Waals surface area contributed by atoms with Crippen molar-refractivity contribution < 1.29 is 4.74 Å². The third kappa shape index (κ3) is 3.73. The highest BCUT2D eigenvalue weighted by Crippen LogP contribution is 2.22. The van der Waals surface area contributed by atoms with Gasteiger partial charge in [0.25, 0.3) is 0 Å². The molecule has 2 rings (SSSR count). The summed E-state index contributed by atoms with van der Waals surface area (Å²) in [5, 5.41) is 9.06. The van der Waals surface area contributed by atoms with Crippen molar-refractivity contribution in [2.45, 2.75) is 13.5 Å². The van der Waals surface area contributed by atoms with Crippen molar-refractivity contribution in [2.75, 3.05) is 20.3 Å². The molecular weight excluding hydrogens is 297 g/mol. The average Bonchev–Trinajstić information content (AvgIpc) is 2.75. The molecule has 0 fully saturated rings. The van der Waals surface area contributed by atoms with Gasteiger partial charge in [-0.1, -0.05) is 23.2 Å².